The van der Waals surface area contributed by atoms with Crippen molar-refractivity contribution in [1.82, 2.24) is 4.90 Å². The molecular formula is C10H11Cl2NO2. The van der Waals surface area contributed by atoms with Gasteiger partial charge < -0.3 is 4.74 Å². The second-order valence-electron chi connectivity index (χ2n) is 2.95. The van der Waals surface area contributed by atoms with Crippen LogP contribution in [0.2, 0.25) is 0 Å². The van der Waals surface area contributed by atoms with Crippen LogP contribution in [0.15, 0.2) is 35.4 Å². The second kappa shape index (κ2) is 5.35. The Balaban J connectivity index is 2.82. The molecule has 0 amide bonds. The molecule has 0 saturated heterocycles. The SMILES string of the molecule is C=CCN(CC=C)C1OC(=O)C(Cl)=C1Cl. The van der Waals surface area contributed by atoms with Crippen molar-refractivity contribution in [3.8, 4) is 0 Å². The van der Waals surface area contributed by atoms with Crippen molar-refractivity contribution >= 4 is 29.2 Å². The van der Waals surface area contributed by atoms with Gasteiger partial charge in [-0.3, -0.25) is 4.90 Å². The summed E-state index contributed by atoms with van der Waals surface area (Å²) in [4.78, 5) is 12.9. The highest BCUT2D eigenvalue weighted by molar-refractivity contribution is 6.48. The Morgan fingerprint density at radius 3 is 2.20 bits per heavy atom. The molecule has 0 fully saturated rings. The number of esters is 1. The fourth-order valence-electron chi connectivity index (χ4n) is 1.24. The molecule has 1 aliphatic heterocycles. The zero-order chi connectivity index (χ0) is 11.4. The van der Waals surface area contributed by atoms with Gasteiger partial charge in [0.2, 0.25) is 0 Å². The molecule has 3 nitrogen and oxygen atoms in total. The summed E-state index contributed by atoms with van der Waals surface area (Å²) >= 11 is 11.5. The molecule has 0 aromatic heterocycles. The van der Waals surface area contributed by atoms with Crippen LogP contribution in [0.5, 0.6) is 0 Å². The topological polar surface area (TPSA) is 29.5 Å². The molecule has 82 valence electrons. The van der Waals surface area contributed by atoms with E-state index in [1.165, 1.54) is 0 Å². The van der Waals surface area contributed by atoms with Crippen molar-refractivity contribution in [3.05, 3.63) is 35.4 Å². The summed E-state index contributed by atoms with van der Waals surface area (Å²) in [6.45, 7) is 8.28. The number of hydrogen-bond acceptors (Lipinski definition) is 3. The van der Waals surface area contributed by atoms with E-state index in [1.54, 1.807) is 17.1 Å². The van der Waals surface area contributed by atoms with Gasteiger partial charge in [-0.1, -0.05) is 35.4 Å². The molecule has 0 bridgehead atoms. The number of hydrogen-bond donors (Lipinski definition) is 0. The number of halogens is 2. The van der Waals surface area contributed by atoms with Gasteiger partial charge in [0.15, 0.2) is 6.23 Å². The highest BCUT2D eigenvalue weighted by atomic mass is 35.5. The van der Waals surface area contributed by atoms with Crippen LogP contribution in [-0.4, -0.2) is 30.2 Å². The Morgan fingerprint density at radius 2 is 1.87 bits per heavy atom. The van der Waals surface area contributed by atoms with Gasteiger partial charge in [-0.05, 0) is 0 Å². The average Bonchev–Trinajstić information content (AvgIpc) is 2.46. The van der Waals surface area contributed by atoms with Crippen molar-refractivity contribution in [2.75, 3.05) is 13.1 Å². The third-order valence-corrected chi connectivity index (χ3v) is 2.71. The molecule has 1 rings (SSSR count). The zero-order valence-corrected chi connectivity index (χ0v) is 9.59. The molecule has 1 heterocycles. The third kappa shape index (κ3) is 2.62. The molecule has 0 aromatic rings. The number of nitrogens with zero attached hydrogens (tertiary/aromatic N) is 1. The van der Waals surface area contributed by atoms with Crippen molar-refractivity contribution in [2.24, 2.45) is 0 Å². The second-order valence-corrected chi connectivity index (χ2v) is 3.74. The summed E-state index contributed by atoms with van der Waals surface area (Å²) in [5.74, 6) is -0.593. The Labute approximate surface area is 98.6 Å². The Kier molecular flexibility index (Phi) is 4.39. The molecule has 15 heavy (non-hydrogen) atoms. The molecule has 0 N–H and O–H groups in total. The van der Waals surface area contributed by atoms with E-state index in [2.05, 4.69) is 13.2 Å². The molecule has 1 atom stereocenters. The summed E-state index contributed by atoms with van der Waals surface area (Å²) in [6.07, 6.45) is 2.75. The van der Waals surface area contributed by atoms with Gasteiger partial charge in [0.1, 0.15) is 5.03 Å². The highest BCUT2D eigenvalue weighted by Crippen LogP contribution is 2.30. The van der Waals surface area contributed by atoms with Gasteiger partial charge in [0.25, 0.3) is 0 Å². The molecular weight excluding hydrogens is 237 g/mol. The van der Waals surface area contributed by atoms with Crippen LogP contribution in [0, 0.1) is 0 Å². The molecule has 0 aliphatic carbocycles. The lowest BCUT2D eigenvalue weighted by Crippen LogP contribution is -2.36. The molecule has 1 unspecified atom stereocenters. The molecule has 0 radical (unpaired) electrons. The summed E-state index contributed by atoms with van der Waals surface area (Å²) in [7, 11) is 0. The first-order chi connectivity index (χ1) is 7.11. The van der Waals surface area contributed by atoms with E-state index in [0.717, 1.165) is 0 Å². The van der Waals surface area contributed by atoms with Crippen molar-refractivity contribution in [3.63, 3.8) is 0 Å². The van der Waals surface area contributed by atoms with Crippen molar-refractivity contribution < 1.29 is 9.53 Å². The molecule has 0 spiro atoms. The van der Waals surface area contributed by atoms with Gasteiger partial charge in [-0.15, -0.1) is 13.2 Å². The normalized spacial score (nSPS) is 20.7. The highest BCUT2D eigenvalue weighted by Gasteiger charge is 2.35. The maximum Gasteiger partial charge on any atom is 0.353 e. The maximum atomic E-state index is 11.1. The maximum absolute atomic E-state index is 11.1. The minimum absolute atomic E-state index is 0.0557. The fraction of sp³-hybridized carbons (Fsp3) is 0.300. The van der Waals surface area contributed by atoms with Crippen LogP contribution in [0.25, 0.3) is 0 Å². The van der Waals surface area contributed by atoms with Crippen LogP contribution < -0.4 is 0 Å². The van der Waals surface area contributed by atoms with Crippen molar-refractivity contribution in [2.45, 2.75) is 6.23 Å². The van der Waals surface area contributed by atoms with Gasteiger partial charge in [0.05, 0.1) is 5.03 Å². The van der Waals surface area contributed by atoms with E-state index >= 15 is 0 Å². The van der Waals surface area contributed by atoms with E-state index in [0.29, 0.717) is 13.1 Å². The number of cyclic esters (lactones) is 1. The van der Waals surface area contributed by atoms with E-state index in [1.807, 2.05) is 0 Å². The van der Waals surface area contributed by atoms with Crippen molar-refractivity contribution in [1.29, 1.82) is 0 Å². The summed E-state index contributed by atoms with van der Waals surface area (Å²) in [6, 6.07) is 0. The Bertz CT molecular complexity index is 315. The number of rotatable bonds is 5. The van der Waals surface area contributed by atoms with Crippen LogP contribution in [-0.2, 0) is 9.53 Å². The van der Waals surface area contributed by atoms with E-state index in [4.69, 9.17) is 27.9 Å². The van der Waals surface area contributed by atoms with Gasteiger partial charge in [0, 0.05) is 13.1 Å². The lowest BCUT2D eigenvalue weighted by Gasteiger charge is -2.24. The summed E-state index contributed by atoms with van der Waals surface area (Å²) < 4.78 is 5.01. The molecule has 0 aromatic carbocycles. The Hall–Kier alpha value is -0.770. The smallest absolute Gasteiger partial charge is 0.353 e. The van der Waals surface area contributed by atoms with E-state index in [-0.39, 0.29) is 10.1 Å². The largest absolute Gasteiger partial charge is 0.437 e. The lowest BCUT2D eigenvalue weighted by molar-refractivity contribution is -0.145. The van der Waals surface area contributed by atoms with Gasteiger partial charge >= 0.3 is 5.97 Å². The number of carbonyl (C=O) groups is 1. The molecule has 0 saturated carbocycles. The van der Waals surface area contributed by atoms with Crippen LogP contribution in [0.4, 0.5) is 0 Å². The van der Waals surface area contributed by atoms with E-state index < -0.39 is 12.2 Å². The van der Waals surface area contributed by atoms with Crippen LogP contribution >= 0.6 is 23.2 Å². The van der Waals surface area contributed by atoms with Gasteiger partial charge in [-0.2, -0.15) is 0 Å². The van der Waals surface area contributed by atoms with Gasteiger partial charge in [-0.25, -0.2) is 4.79 Å². The summed E-state index contributed by atoms with van der Waals surface area (Å²) in [5, 5.41) is 0.158. The number of carbonyl (C=O) groups excluding carboxylic acids is 1. The zero-order valence-electron chi connectivity index (χ0n) is 8.08. The van der Waals surface area contributed by atoms with E-state index in [9.17, 15) is 4.79 Å². The predicted octanol–water partition coefficient (Wildman–Crippen LogP) is 2.23. The first-order valence-corrected chi connectivity index (χ1v) is 5.09. The number of ether oxygens (including phenoxy) is 1. The fourth-order valence-corrected chi connectivity index (χ4v) is 1.64. The van der Waals surface area contributed by atoms with Crippen LogP contribution in [0.3, 0.4) is 0 Å². The lowest BCUT2D eigenvalue weighted by atomic mass is 10.4. The summed E-state index contributed by atoms with van der Waals surface area (Å²) in [5.41, 5.74) is 0. The first kappa shape index (κ1) is 12.3. The third-order valence-electron chi connectivity index (χ3n) is 1.88. The first-order valence-electron chi connectivity index (χ1n) is 4.33. The minimum atomic E-state index is -0.623. The minimum Gasteiger partial charge on any atom is -0.437 e. The average molecular weight is 248 g/mol. The molecule has 5 heteroatoms. The Morgan fingerprint density at radius 1 is 1.33 bits per heavy atom. The quantitative estimate of drug-likeness (QED) is 0.552. The predicted molar refractivity (Wildman–Crippen MR) is 60.6 cm³/mol. The van der Waals surface area contributed by atoms with Crippen LogP contribution in [0.1, 0.15) is 0 Å². The monoisotopic (exact) mass is 247 g/mol. The standard InChI is InChI=1S/C10H11Cl2NO2/c1-3-5-13(6-4-2)9-7(11)8(12)10(14)15-9/h3-4,9H,1-2,5-6H2. The molecule has 1 aliphatic rings.